The standard InChI is InChI=1S/C18H22N4O/c1-3-12-6-5-7-13(4-2)16(12)22-17(23)15-10-11-19-18(21-15)20-14-8-9-14/h5-7,10-11,14H,3-4,8-9H2,1-2H3,(H,22,23)(H,19,20,21). The first kappa shape index (κ1) is 15.5. The monoisotopic (exact) mass is 310 g/mol. The fourth-order valence-corrected chi connectivity index (χ4v) is 2.55. The molecule has 120 valence electrons. The summed E-state index contributed by atoms with van der Waals surface area (Å²) < 4.78 is 0. The highest BCUT2D eigenvalue weighted by Crippen LogP contribution is 2.24. The average Bonchev–Trinajstić information content (AvgIpc) is 3.39. The number of hydrogen-bond donors (Lipinski definition) is 2. The van der Waals surface area contributed by atoms with Gasteiger partial charge in [0.15, 0.2) is 0 Å². The van der Waals surface area contributed by atoms with Crippen molar-refractivity contribution >= 4 is 17.5 Å². The van der Waals surface area contributed by atoms with E-state index >= 15 is 0 Å². The largest absolute Gasteiger partial charge is 0.351 e. The maximum Gasteiger partial charge on any atom is 0.274 e. The van der Waals surface area contributed by atoms with Gasteiger partial charge in [0, 0.05) is 17.9 Å². The molecule has 2 N–H and O–H groups in total. The minimum absolute atomic E-state index is 0.193. The van der Waals surface area contributed by atoms with E-state index in [9.17, 15) is 4.79 Å². The fraction of sp³-hybridized carbons (Fsp3) is 0.389. The Labute approximate surface area is 136 Å². The van der Waals surface area contributed by atoms with Crippen LogP contribution in [0, 0.1) is 0 Å². The fourth-order valence-electron chi connectivity index (χ4n) is 2.55. The van der Waals surface area contributed by atoms with Crippen LogP contribution in [0.3, 0.4) is 0 Å². The Bertz CT molecular complexity index is 688. The molecule has 1 fully saturated rings. The van der Waals surface area contributed by atoms with Crippen LogP contribution < -0.4 is 10.6 Å². The Morgan fingerprint density at radius 3 is 2.48 bits per heavy atom. The van der Waals surface area contributed by atoms with Gasteiger partial charge in [-0.2, -0.15) is 0 Å². The molecule has 5 nitrogen and oxygen atoms in total. The van der Waals surface area contributed by atoms with E-state index in [1.807, 2.05) is 6.07 Å². The number of rotatable bonds is 6. The highest BCUT2D eigenvalue weighted by molar-refractivity contribution is 6.03. The zero-order valence-corrected chi connectivity index (χ0v) is 13.6. The number of amides is 1. The summed E-state index contributed by atoms with van der Waals surface area (Å²) in [5, 5.41) is 6.25. The van der Waals surface area contributed by atoms with Crippen molar-refractivity contribution in [1.29, 1.82) is 0 Å². The van der Waals surface area contributed by atoms with Crippen LogP contribution in [0.4, 0.5) is 11.6 Å². The summed E-state index contributed by atoms with van der Waals surface area (Å²) in [7, 11) is 0. The molecule has 23 heavy (non-hydrogen) atoms. The minimum Gasteiger partial charge on any atom is -0.351 e. The quantitative estimate of drug-likeness (QED) is 0.858. The molecular weight excluding hydrogens is 288 g/mol. The third-order valence-corrected chi connectivity index (χ3v) is 4.04. The third-order valence-electron chi connectivity index (χ3n) is 4.04. The summed E-state index contributed by atoms with van der Waals surface area (Å²) in [6.07, 6.45) is 5.66. The van der Waals surface area contributed by atoms with Gasteiger partial charge < -0.3 is 10.6 Å². The van der Waals surface area contributed by atoms with Crippen LogP contribution in [-0.2, 0) is 12.8 Å². The molecule has 5 heteroatoms. The van der Waals surface area contributed by atoms with Crippen molar-refractivity contribution in [3.8, 4) is 0 Å². The van der Waals surface area contributed by atoms with Crippen molar-refractivity contribution in [2.75, 3.05) is 10.6 Å². The molecule has 1 aromatic carbocycles. The first-order valence-corrected chi connectivity index (χ1v) is 8.23. The molecule has 0 radical (unpaired) electrons. The Morgan fingerprint density at radius 1 is 1.17 bits per heavy atom. The van der Waals surface area contributed by atoms with Gasteiger partial charge in [0.1, 0.15) is 5.69 Å². The second kappa shape index (κ2) is 6.77. The van der Waals surface area contributed by atoms with Crippen molar-refractivity contribution in [3.05, 3.63) is 47.3 Å². The lowest BCUT2D eigenvalue weighted by Gasteiger charge is -2.14. The number of aryl methyl sites for hydroxylation is 2. The minimum atomic E-state index is -0.193. The molecule has 1 aliphatic carbocycles. The van der Waals surface area contributed by atoms with E-state index in [1.54, 1.807) is 12.3 Å². The number of hydrogen-bond acceptors (Lipinski definition) is 4. The summed E-state index contributed by atoms with van der Waals surface area (Å²) in [5.74, 6) is 0.335. The van der Waals surface area contributed by atoms with Crippen molar-refractivity contribution in [2.24, 2.45) is 0 Å². The van der Waals surface area contributed by atoms with Gasteiger partial charge in [0.05, 0.1) is 0 Å². The lowest BCUT2D eigenvalue weighted by molar-refractivity contribution is 0.102. The first-order chi connectivity index (χ1) is 11.2. The van der Waals surface area contributed by atoms with Crippen molar-refractivity contribution in [1.82, 2.24) is 9.97 Å². The number of benzene rings is 1. The van der Waals surface area contributed by atoms with Crippen LogP contribution in [0.5, 0.6) is 0 Å². The Kier molecular flexibility index (Phi) is 4.55. The van der Waals surface area contributed by atoms with Gasteiger partial charge in [-0.15, -0.1) is 0 Å². The normalized spacial score (nSPS) is 13.7. The van der Waals surface area contributed by atoms with Crippen molar-refractivity contribution in [3.63, 3.8) is 0 Å². The molecule has 0 unspecified atom stereocenters. The molecule has 0 spiro atoms. The topological polar surface area (TPSA) is 66.9 Å². The van der Waals surface area contributed by atoms with Gasteiger partial charge >= 0.3 is 0 Å². The van der Waals surface area contributed by atoms with Gasteiger partial charge in [-0.25, -0.2) is 9.97 Å². The number of nitrogens with one attached hydrogen (secondary N) is 2. The second-order valence-corrected chi connectivity index (χ2v) is 5.80. The molecule has 1 aromatic heterocycles. The lowest BCUT2D eigenvalue weighted by atomic mass is 10.0. The molecule has 0 bridgehead atoms. The molecule has 3 rings (SSSR count). The van der Waals surface area contributed by atoms with Gasteiger partial charge in [0.25, 0.3) is 5.91 Å². The van der Waals surface area contributed by atoms with E-state index < -0.39 is 0 Å². The van der Waals surface area contributed by atoms with Crippen LogP contribution in [0.2, 0.25) is 0 Å². The SMILES string of the molecule is CCc1cccc(CC)c1NC(=O)c1ccnc(NC2CC2)n1. The summed E-state index contributed by atoms with van der Waals surface area (Å²) in [6, 6.07) is 8.24. The lowest BCUT2D eigenvalue weighted by Crippen LogP contribution is -2.17. The number of anilines is 2. The average molecular weight is 310 g/mol. The first-order valence-electron chi connectivity index (χ1n) is 8.23. The molecule has 0 saturated heterocycles. The maximum absolute atomic E-state index is 12.6. The summed E-state index contributed by atoms with van der Waals surface area (Å²) in [4.78, 5) is 21.1. The molecule has 1 heterocycles. The zero-order valence-electron chi connectivity index (χ0n) is 13.6. The number of nitrogens with zero attached hydrogens (tertiary/aromatic N) is 2. The maximum atomic E-state index is 12.6. The van der Waals surface area contributed by atoms with Crippen molar-refractivity contribution < 1.29 is 4.79 Å². The molecule has 2 aromatic rings. The number of carbonyl (C=O) groups is 1. The number of aromatic nitrogens is 2. The van der Waals surface area contributed by atoms with E-state index in [-0.39, 0.29) is 5.91 Å². The molecule has 0 aliphatic heterocycles. The molecule has 0 atom stereocenters. The highest BCUT2D eigenvalue weighted by Gasteiger charge is 2.22. The van der Waals surface area contributed by atoms with E-state index in [4.69, 9.17) is 0 Å². The van der Waals surface area contributed by atoms with Crippen LogP contribution >= 0.6 is 0 Å². The molecular formula is C18H22N4O. The van der Waals surface area contributed by atoms with E-state index in [1.165, 1.54) is 0 Å². The van der Waals surface area contributed by atoms with Crippen LogP contribution in [0.15, 0.2) is 30.5 Å². The van der Waals surface area contributed by atoms with Crippen molar-refractivity contribution in [2.45, 2.75) is 45.6 Å². The predicted molar refractivity (Wildman–Crippen MR) is 91.8 cm³/mol. The number of carbonyl (C=O) groups excluding carboxylic acids is 1. The second-order valence-electron chi connectivity index (χ2n) is 5.80. The van der Waals surface area contributed by atoms with Crippen LogP contribution in [0.1, 0.15) is 48.3 Å². The van der Waals surface area contributed by atoms with E-state index in [0.717, 1.165) is 42.5 Å². The third kappa shape index (κ3) is 3.67. The Morgan fingerprint density at radius 2 is 1.87 bits per heavy atom. The van der Waals surface area contributed by atoms with Gasteiger partial charge in [-0.05, 0) is 42.9 Å². The van der Waals surface area contributed by atoms with E-state index in [0.29, 0.717) is 17.7 Å². The zero-order chi connectivity index (χ0) is 16.2. The summed E-state index contributed by atoms with van der Waals surface area (Å²) >= 11 is 0. The molecule has 1 saturated carbocycles. The van der Waals surface area contributed by atoms with E-state index in [2.05, 4.69) is 46.6 Å². The Balaban J connectivity index is 1.81. The van der Waals surface area contributed by atoms with Gasteiger partial charge in [-0.3, -0.25) is 4.79 Å². The number of para-hydroxylation sites is 1. The van der Waals surface area contributed by atoms with Crippen LogP contribution in [0.25, 0.3) is 0 Å². The summed E-state index contributed by atoms with van der Waals surface area (Å²) in [5.41, 5.74) is 3.58. The predicted octanol–water partition coefficient (Wildman–Crippen LogP) is 3.43. The molecule has 1 amide bonds. The Hall–Kier alpha value is -2.43. The van der Waals surface area contributed by atoms with Gasteiger partial charge in [-0.1, -0.05) is 32.0 Å². The molecule has 1 aliphatic rings. The smallest absolute Gasteiger partial charge is 0.274 e. The highest BCUT2D eigenvalue weighted by atomic mass is 16.1. The van der Waals surface area contributed by atoms with Crippen LogP contribution in [-0.4, -0.2) is 21.9 Å². The van der Waals surface area contributed by atoms with Gasteiger partial charge in [0.2, 0.25) is 5.95 Å². The summed E-state index contributed by atoms with van der Waals surface area (Å²) in [6.45, 7) is 4.18.